The summed E-state index contributed by atoms with van der Waals surface area (Å²) >= 11 is 0. The largest absolute Gasteiger partial charge is 0.376 e. The lowest BCUT2D eigenvalue weighted by Crippen LogP contribution is -2.63. The normalized spacial score (nSPS) is 27.5. The predicted molar refractivity (Wildman–Crippen MR) is 80.7 cm³/mol. The summed E-state index contributed by atoms with van der Waals surface area (Å²) in [6.45, 7) is 10.1. The minimum absolute atomic E-state index is 0.204. The quantitative estimate of drug-likeness (QED) is 0.721. The van der Waals surface area contributed by atoms with E-state index in [0.717, 1.165) is 19.5 Å². The Labute approximate surface area is 127 Å². The van der Waals surface area contributed by atoms with Crippen molar-refractivity contribution < 1.29 is 9.13 Å². The molecule has 4 nitrogen and oxygen atoms in total. The van der Waals surface area contributed by atoms with Gasteiger partial charge in [0, 0.05) is 38.1 Å². The molecule has 5 heteroatoms. The molecule has 0 aromatic rings. The van der Waals surface area contributed by atoms with Gasteiger partial charge in [0.05, 0.1) is 19.3 Å². The van der Waals surface area contributed by atoms with Gasteiger partial charge in [0.1, 0.15) is 0 Å². The minimum atomic E-state index is -1.15. The number of alkyl halides is 1. The minimum Gasteiger partial charge on any atom is -0.376 e. The second-order valence-electron chi connectivity index (χ2n) is 7.03. The van der Waals surface area contributed by atoms with E-state index < -0.39 is 5.67 Å². The van der Waals surface area contributed by atoms with Crippen LogP contribution in [0.4, 0.5) is 4.39 Å². The molecule has 0 radical (unpaired) electrons. The summed E-state index contributed by atoms with van der Waals surface area (Å²) in [6, 6.07) is 2.96. The molecule has 2 aliphatic heterocycles. The van der Waals surface area contributed by atoms with Gasteiger partial charge >= 0.3 is 0 Å². The molecular formula is C16H28FN3O. The van der Waals surface area contributed by atoms with E-state index in [4.69, 9.17) is 10.00 Å². The van der Waals surface area contributed by atoms with Crippen molar-refractivity contribution in [3.8, 4) is 6.07 Å². The maximum Gasteiger partial charge on any atom is 0.159 e. The van der Waals surface area contributed by atoms with Crippen LogP contribution in [0.25, 0.3) is 0 Å². The summed E-state index contributed by atoms with van der Waals surface area (Å²) < 4.78 is 19.9. The van der Waals surface area contributed by atoms with Gasteiger partial charge in [-0.05, 0) is 39.7 Å². The van der Waals surface area contributed by atoms with E-state index in [1.165, 1.54) is 0 Å². The zero-order valence-corrected chi connectivity index (χ0v) is 13.5. The van der Waals surface area contributed by atoms with Crippen molar-refractivity contribution in [1.29, 1.82) is 5.26 Å². The summed E-state index contributed by atoms with van der Waals surface area (Å²) in [5, 5.41) is 8.74. The van der Waals surface area contributed by atoms with E-state index in [0.29, 0.717) is 44.1 Å². The molecule has 2 heterocycles. The fourth-order valence-electron chi connectivity index (χ4n) is 3.21. The van der Waals surface area contributed by atoms with Gasteiger partial charge in [-0.15, -0.1) is 0 Å². The fraction of sp³-hybridized carbons (Fsp3) is 0.938. The number of rotatable bonds is 7. The first-order valence-electron chi connectivity index (χ1n) is 8.05. The van der Waals surface area contributed by atoms with Crippen LogP contribution < -0.4 is 0 Å². The van der Waals surface area contributed by atoms with E-state index in [-0.39, 0.29) is 6.61 Å². The molecule has 0 saturated carbocycles. The van der Waals surface area contributed by atoms with Crippen LogP contribution >= 0.6 is 0 Å². The lowest BCUT2D eigenvalue weighted by Gasteiger charge is -2.46. The van der Waals surface area contributed by atoms with E-state index in [1.54, 1.807) is 0 Å². The van der Waals surface area contributed by atoms with Crippen molar-refractivity contribution in [1.82, 2.24) is 9.80 Å². The highest BCUT2D eigenvalue weighted by Gasteiger charge is 2.44. The van der Waals surface area contributed by atoms with Crippen LogP contribution in [0.3, 0.4) is 0 Å². The van der Waals surface area contributed by atoms with Crippen LogP contribution in [-0.4, -0.2) is 66.9 Å². The number of nitriles is 1. The zero-order chi connectivity index (χ0) is 15.5. The van der Waals surface area contributed by atoms with Crippen LogP contribution in [0.1, 0.15) is 33.6 Å². The maximum atomic E-state index is 14.3. The lowest BCUT2D eigenvalue weighted by molar-refractivity contribution is -0.103. The second-order valence-corrected chi connectivity index (χ2v) is 7.03. The Bertz CT molecular complexity index is 376. The first kappa shape index (κ1) is 16.7. The van der Waals surface area contributed by atoms with E-state index in [1.807, 2.05) is 0 Å². The average Bonchev–Trinajstić information content (AvgIpc) is 2.84. The topological polar surface area (TPSA) is 39.5 Å². The number of hydrogen-bond donors (Lipinski definition) is 0. The maximum absolute atomic E-state index is 14.3. The van der Waals surface area contributed by atoms with E-state index in [9.17, 15) is 4.39 Å². The van der Waals surface area contributed by atoms with Crippen molar-refractivity contribution in [2.45, 2.75) is 51.4 Å². The van der Waals surface area contributed by atoms with Crippen LogP contribution in [0.5, 0.6) is 0 Å². The highest BCUT2D eigenvalue weighted by atomic mass is 19.1. The van der Waals surface area contributed by atoms with Gasteiger partial charge in [-0.1, -0.05) is 0 Å². The van der Waals surface area contributed by atoms with Gasteiger partial charge in [-0.25, -0.2) is 4.39 Å². The third-order valence-electron chi connectivity index (χ3n) is 4.74. The summed E-state index contributed by atoms with van der Waals surface area (Å²) in [7, 11) is 0. The smallest absolute Gasteiger partial charge is 0.159 e. The fourth-order valence-corrected chi connectivity index (χ4v) is 3.21. The number of ether oxygens (including phenoxy) is 1. The molecule has 2 rings (SSSR count). The van der Waals surface area contributed by atoms with E-state index in [2.05, 4.69) is 36.6 Å². The highest BCUT2D eigenvalue weighted by molar-refractivity contribution is 4.97. The average molecular weight is 297 g/mol. The lowest BCUT2D eigenvalue weighted by atomic mass is 9.96. The molecule has 21 heavy (non-hydrogen) atoms. The van der Waals surface area contributed by atoms with Crippen LogP contribution in [-0.2, 0) is 4.74 Å². The molecule has 0 amide bonds. The van der Waals surface area contributed by atoms with Crippen LogP contribution in [0.15, 0.2) is 0 Å². The van der Waals surface area contributed by atoms with Crippen LogP contribution in [0.2, 0.25) is 0 Å². The first-order valence-corrected chi connectivity index (χ1v) is 8.05. The zero-order valence-electron chi connectivity index (χ0n) is 13.5. The number of halogens is 1. The number of likely N-dealkylation sites (tertiary alicyclic amines) is 2. The summed E-state index contributed by atoms with van der Waals surface area (Å²) in [6.07, 6.45) is 1.73. The van der Waals surface area contributed by atoms with Crippen molar-refractivity contribution in [3.63, 3.8) is 0 Å². The van der Waals surface area contributed by atoms with Crippen molar-refractivity contribution in [2.75, 3.05) is 39.4 Å². The Balaban J connectivity index is 1.62. The second kappa shape index (κ2) is 7.04. The SMILES string of the molecule is CC(C)N1CC(F)(COCC(C)N2CCC(CC#N)C2)C1. The highest BCUT2D eigenvalue weighted by Crippen LogP contribution is 2.28. The molecule has 2 unspecified atom stereocenters. The van der Waals surface area contributed by atoms with E-state index >= 15 is 0 Å². The van der Waals surface area contributed by atoms with Gasteiger partial charge in [0.2, 0.25) is 0 Å². The molecular weight excluding hydrogens is 269 g/mol. The Morgan fingerprint density at radius 3 is 2.67 bits per heavy atom. The molecule has 2 atom stereocenters. The molecule has 0 aliphatic carbocycles. The van der Waals surface area contributed by atoms with Crippen molar-refractivity contribution in [2.24, 2.45) is 5.92 Å². The standard InChI is InChI=1S/C16H28FN3O/c1-13(2)20-10-16(17,11-20)12-21-9-14(3)19-7-5-15(8-19)4-6-18/h13-15H,4-5,7-12H2,1-3H3. The van der Waals surface area contributed by atoms with Crippen LogP contribution in [0, 0.1) is 17.2 Å². The van der Waals surface area contributed by atoms with Gasteiger partial charge < -0.3 is 4.74 Å². The summed E-state index contributed by atoms with van der Waals surface area (Å²) in [5.41, 5.74) is -1.15. The molecule has 0 N–H and O–H groups in total. The van der Waals surface area contributed by atoms with Crippen molar-refractivity contribution >= 4 is 0 Å². The molecule has 2 fully saturated rings. The summed E-state index contributed by atoms with van der Waals surface area (Å²) in [4.78, 5) is 4.48. The molecule has 2 saturated heterocycles. The Kier molecular flexibility index (Phi) is 5.59. The number of nitrogens with zero attached hydrogens (tertiary/aromatic N) is 3. The summed E-state index contributed by atoms with van der Waals surface area (Å²) in [5.74, 6) is 0.496. The van der Waals surface area contributed by atoms with Gasteiger partial charge in [0.15, 0.2) is 5.67 Å². The molecule has 0 spiro atoms. The first-order chi connectivity index (χ1) is 9.93. The van der Waals surface area contributed by atoms with Gasteiger partial charge in [-0.2, -0.15) is 5.26 Å². The Morgan fingerprint density at radius 1 is 1.33 bits per heavy atom. The molecule has 120 valence electrons. The van der Waals surface area contributed by atoms with Crippen molar-refractivity contribution in [3.05, 3.63) is 0 Å². The van der Waals surface area contributed by atoms with Gasteiger partial charge in [-0.3, -0.25) is 9.80 Å². The Morgan fingerprint density at radius 2 is 2.05 bits per heavy atom. The molecule has 0 bridgehead atoms. The number of hydrogen-bond acceptors (Lipinski definition) is 4. The molecule has 2 aliphatic rings. The molecule has 0 aromatic heterocycles. The monoisotopic (exact) mass is 297 g/mol. The molecule has 0 aromatic carbocycles. The van der Waals surface area contributed by atoms with Gasteiger partial charge in [0.25, 0.3) is 0 Å². The predicted octanol–water partition coefficient (Wildman–Crippen LogP) is 2.06. The third kappa shape index (κ3) is 4.38. The third-order valence-corrected chi connectivity index (χ3v) is 4.74. The Hall–Kier alpha value is -0.700.